The summed E-state index contributed by atoms with van der Waals surface area (Å²) < 4.78 is 75.6. The molecular weight excluding hydrogens is 705 g/mol. The average molecular weight is 721 g/mol. The van der Waals surface area contributed by atoms with Gasteiger partial charge in [-0.15, -0.1) is 45.3 Å². The number of thiophene rings is 4. The molecule has 0 N–H and O–H groups in total. The lowest BCUT2D eigenvalue weighted by Crippen LogP contribution is -2.71. The zero-order valence-electron chi connectivity index (χ0n) is 24.7. The van der Waals surface area contributed by atoms with Crippen molar-refractivity contribution in [2.24, 2.45) is 0 Å². The van der Waals surface area contributed by atoms with Crippen LogP contribution < -0.4 is 10.7 Å². The van der Waals surface area contributed by atoms with Crippen LogP contribution in [0.25, 0.3) is 22.3 Å². The van der Waals surface area contributed by atoms with E-state index in [9.17, 15) is 0 Å². The number of aromatic nitrogens is 2. The maximum Gasteiger partial charge on any atom is 0.554 e. The number of rotatable bonds is 4. The molecule has 49 heavy (non-hydrogen) atoms. The van der Waals surface area contributed by atoms with Gasteiger partial charge in [0.15, 0.2) is 0 Å². The highest BCUT2D eigenvalue weighted by Crippen LogP contribution is 2.56. The van der Waals surface area contributed by atoms with E-state index >= 15 is 17.6 Å². The Hall–Kier alpha value is -4.88. The summed E-state index contributed by atoms with van der Waals surface area (Å²) in [6.45, 7) is 0. The van der Waals surface area contributed by atoms with E-state index in [-0.39, 0.29) is 22.5 Å². The van der Waals surface area contributed by atoms with Crippen LogP contribution in [-0.4, -0.2) is 29.7 Å². The second-order valence-corrected chi connectivity index (χ2v) is 16.0. The molecule has 0 aromatic carbocycles. The van der Waals surface area contributed by atoms with E-state index in [0.29, 0.717) is 44.7 Å². The van der Waals surface area contributed by atoms with E-state index < -0.39 is 29.2 Å². The van der Waals surface area contributed by atoms with Crippen LogP contribution in [-0.2, 0) is 5.91 Å². The Bertz CT molecular complexity index is 2890. The summed E-state index contributed by atoms with van der Waals surface area (Å²) >= 11 is 5.73. The first-order valence-electron chi connectivity index (χ1n) is 15.3. The highest BCUT2D eigenvalue weighted by atomic mass is 32.1. The summed E-state index contributed by atoms with van der Waals surface area (Å²) in [7, 11) is 0. The van der Waals surface area contributed by atoms with E-state index in [1.165, 1.54) is 69.6 Å². The minimum absolute atomic E-state index is 0.235. The van der Waals surface area contributed by atoms with Gasteiger partial charge in [0.25, 0.3) is 11.4 Å². The molecule has 1 spiro atoms. The van der Waals surface area contributed by atoms with Crippen LogP contribution in [0.15, 0.2) is 117 Å². The molecule has 1 atom stereocenters. The zero-order valence-corrected chi connectivity index (χ0v) is 27.9. The number of hydrogen-bond acceptors (Lipinski definition) is 4. The third-order valence-electron chi connectivity index (χ3n) is 10.1. The van der Waals surface area contributed by atoms with Crippen molar-refractivity contribution in [2.75, 3.05) is 0 Å². The van der Waals surface area contributed by atoms with Crippen molar-refractivity contribution < 1.29 is 26.7 Å². The summed E-state index contributed by atoms with van der Waals surface area (Å²) in [4.78, 5) is 3.01. The van der Waals surface area contributed by atoms with Crippen LogP contribution in [0.1, 0.15) is 30.9 Å². The smallest absolute Gasteiger partial charge is 0.205 e. The number of allylic oxidation sites excluding steroid dienone is 4. The van der Waals surface area contributed by atoms with E-state index in [1.807, 2.05) is 88.3 Å². The fourth-order valence-corrected chi connectivity index (χ4v) is 11.7. The fourth-order valence-electron chi connectivity index (χ4n) is 8.57. The highest BCUT2D eigenvalue weighted by molar-refractivity contribution is 7.12. The Labute approximate surface area is 290 Å². The molecule has 6 aliphatic heterocycles. The van der Waals surface area contributed by atoms with Crippen LogP contribution in [0.4, 0.5) is 17.6 Å². The SMILES string of the molecule is FC1=CC2=[N+]3C1=C(c1cccs1)c1cc(F)c4n1C31n3c(cc(F)c3=C2c2cccs2)=C(c2cccs2)C2=[N+]1C(=C4c1cccs1)C=C2F. The number of halogens is 4. The van der Waals surface area contributed by atoms with Crippen molar-refractivity contribution in [1.82, 2.24) is 9.13 Å². The third-order valence-corrected chi connectivity index (χ3v) is 13.6. The van der Waals surface area contributed by atoms with Gasteiger partial charge in [0.05, 0.1) is 45.5 Å². The van der Waals surface area contributed by atoms with Crippen LogP contribution in [0.5, 0.6) is 0 Å². The lowest BCUT2D eigenvalue weighted by molar-refractivity contribution is -0.835. The predicted molar refractivity (Wildman–Crippen MR) is 185 cm³/mol. The maximum absolute atomic E-state index is 17.0. The van der Waals surface area contributed by atoms with Gasteiger partial charge in [0.2, 0.25) is 23.1 Å². The van der Waals surface area contributed by atoms with Gasteiger partial charge in [-0.25, -0.2) is 8.78 Å². The monoisotopic (exact) mass is 720 g/mol. The molecule has 12 heterocycles. The van der Waals surface area contributed by atoms with Gasteiger partial charge in [-0.2, -0.15) is 17.9 Å². The maximum atomic E-state index is 17.0. The first-order valence-corrected chi connectivity index (χ1v) is 18.8. The minimum Gasteiger partial charge on any atom is -0.205 e. The van der Waals surface area contributed by atoms with E-state index in [1.54, 1.807) is 0 Å². The summed E-state index contributed by atoms with van der Waals surface area (Å²) in [5.41, 5.74) is 4.07. The van der Waals surface area contributed by atoms with E-state index in [0.717, 1.165) is 19.5 Å². The molecule has 12 heteroatoms. The summed E-state index contributed by atoms with van der Waals surface area (Å²) in [5.74, 6) is -3.79. The molecule has 0 radical (unpaired) electrons. The first-order chi connectivity index (χ1) is 24.0. The van der Waals surface area contributed by atoms with Crippen molar-refractivity contribution in [2.45, 2.75) is 5.91 Å². The van der Waals surface area contributed by atoms with Crippen LogP contribution in [0, 0.1) is 11.6 Å². The molecule has 1 unspecified atom stereocenters. The second kappa shape index (κ2) is 8.82. The lowest BCUT2D eigenvalue weighted by atomic mass is 9.98. The van der Waals surface area contributed by atoms with Crippen molar-refractivity contribution in [3.05, 3.63) is 171 Å². The lowest BCUT2D eigenvalue weighted by Gasteiger charge is -2.40. The largest absolute Gasteiger partial charge is 0.554 e. The fraction of sp³-hybridized carbons (Fsp3) is 0.0270. The molecule has 6 aliphatic rings. The highest BCUT2D eigenvalue weighted by Gasteiger charge is 2.75. The Balaban J connectivity index is 1.42. The first kappa shape index (κ1) is 27.0. The summed E-state index contributed by atoms with van der Waals surface area (Å²) in [6, 6.07) is 18.1. The normalized spacial score (nSPS) is 21.0. The molecule has 234 valence electrons. The van der Waals surface area contributed by atoms with Gasteiger partial charge >= 0.3 is 5.91 Å². The summed E-state index contributed by atoms with van der Waals surface area (Å²) in [5, 5.41) is 8.29. The average Bonchev–Trinajstić information content (AvgIpc) is 3.93. The van der Waals surface area contributed by atoms with Gasteiger partial charge in [0, 0.05) is 31.6 Å². The molecule has 6 aromatic rings. The molecule has 0 bridgehead atoms. The number of nitrogens with zero attached hydrogens (tertiary/aromatic N) is 4. The molecular formula is C37H16F4N4S4+2. The van der Waals surface area contributed by atoms with Gasteiger partial charge < -0.3 is 0 Å². The molecule has 12 rings (SSSR count). The Morgan fingerprint density at radius 2 is 1.20 bits per heavy atom. The second-order valence-electron chi connectivity index (χ2n) is 12.3. The van der Waals surface area contributed by atoms with Gasteiger partial charge in [-0.05, 0) is 45.8 Å². The minimum atomic E-state index is -1.68. The van der Waals surface area contributed by atoms with Crippen molar-refractivity contribution in [3.8, 4) is 0 Å². The molecule has 0 amide bonds. The van der Waals surface area contributed by atoms with Crippen molar-refractivity contribution in [3.63, 3.8) is 0 Å². The molecule has 0 saturated carbocycles. The van der Waals surface area contributed by atoms with Gasteiger partial charge in [0.1, 0.15) is 22.7 Å². The van der Waals surface area contributed by atoms with Gasteiger partial charge in [-0.3, -0.25) is 0 Å². The molecule has 0 saturated heterocycles. The molecule has 0 aliphatic carbocycles. The van der Waals surface area contributed by atoms with Gasteiger partial charge in [-0.1, -0.05) is 33.4 Å². The number of hydrogen-bond donors (Lipinski definition) is 0. The Kier molecular flexibility index (Phi) is 4.86. The predicted octanol–water partition coefficient (Wildman–Crippen LogP) is 7.54. The molecule has 4 nitrogen and oxygen atoms in total. The van der Waals surface area contributed by atoms with E-state index in [2.05, 4.69) is 0 Å². The van der Waals surface area contributed by atoms with E-state index in [4.69, 9.17) is 0 Å². The third kappa shape index (κ3) is 2.88. The van der Waals surface area contributed by atoms with Crippen LogP contribution >= 0.6 is 45.3 Å². The van der Waals surface area contributed by atoms with Crippen molar-refractivity contribution in [1.29, 1.82) is 0 Å². The van der Waals surface area contributed by atoms with Crippen molar-refractivity contribution >= 4 is 79.1 Å². The molecule has 0 fully saturated rings. The standard InChI is InChI=1S/C37H16F4N4S4/c38-17-14-22-30(26-6-2-10-47-26)35-19(40)16-24-32(28-8-4-12-49-28)36-20(41)15-23-31(27-7-3-11-48-27)34-18(39)13-21-29(25-5-1-9-46-25)33(17)43(22)37(42(21)34,44(23)36)45(24)35/h1-16H/q+2. The van der Waals surface area contributed by atoms with Crippen LogP contribution in [0.3, 0.4) is 0 Å². The quantitative estimate of drug-likeness (QED) is 0.132. The van der Waals surface area contributed by atoms with Crippen LogP contribution in [0.2, 0.25) is 0 Å². The zero-order chi connectivity index (χ0) is 32.5. The topological polar surface area (TPSA) is 15.9 Å². The Morgan fingerprint density at radius 1 is 0.592 bits per heavy atom. The molecule has 6 aromatic heterocycles. The summed E-state index contributed by atoms with van der Waals surface area (Å²) in [6.07, 6.45) is 2.92. The Morgan fingerprint density at radius 3 is 1.84 bits per heavy atom.